The van der Waals surface area contributed by atoms with E-state index in [4.69, 9.17) is 21.4 Å². The second kappa shape index (κ2) is 7.39. The van der Waals surface area contributed by atoms with Crippen LogP contribution in [0.4, 0.5) is 17.6 Å². The summed E-state index contributed by atoms with van der Waals surface area (Å²) in [7, 11) is 0. The van der Waals surface area contributed by atoms with Crippen LogP contribution in [0, 0.1) is 5.82 Å². The van der Waals surface area contributed by atoms with Crippen LogP contribution in [0.5, 0.6) is 11.5 Å². The lowest BCUT2D eigenvalue weighted by Crippen LogP contribution is -2.10. The number of nitrogens with zero attached hydrogens (tertiary/aromatic N) is 3. The van der Waals surface area contributed by atoms with Gasteiger partial charge in [-0.25, -0.2) is 9.07 Å². The van der Waals surface area contributed by atoms with E-state index in [0.29, 0.717) is 11.6 Å². The van der Waals surface area contributed by atoms with Crippen LogP contribution in [0.3, 0.4) is 0 Å². The molecule has 3 aromatic rings. The number of ether oxygens (including phenoxy) is 1. The predicted molar refractivity (Wildman–Crippen MR) is 88.4 cm³/mol. The summed E-state index contributed by atoms with van der Waals surface area (Å²) in [5.41, 5.74) is -0.600. The van der Waals surface area contributed by atoms with Crippen molar-refractivity contribution in [1.29, 1.82) is 0 Å². The molecule has 1 heterocycles. The standard InChI is InChI=1S/C15H8ClF4N3O3.CH4/c16-9-3-7(15(18,19)20)4-10(17)14(9)26-8-1-2-11-12(5-8)23(22-21-11)6-13(24)25;/h1-5H,6H2,(H,24,25);1H4. The molecule has 1 aromatic heterocycles. The summed E-state index contributed by atoms with van der Waals surface area (Å²) < 4.78 is 58.3. The second-order valence-electron chi connectivity index (χ2n) is 5.16. The third-order valence-corrected chi connectivity index (χ3v) is 3.60. The number of carboxylic acids is 1. The van der Waals surface area contributed by atoms with Crippen molar-refractivity contribution in [2.45, 2.75) is 20.1 Å². The van der Waals surface area contributed by atoms with Crippen LogP contribution in [0.2, 0.25) is 5.02 Å². The molecule has 0 atom stereocenters. The third-order valence-electron chi connectivity index (χ3n) is 3.32. The minimum atomic E-state index is -4.75. The number of fused-ring (bicyclic) bond motifs is 1. The molecule has 2 aromatic carbocycles. The molecule has 0 fully saturated rings. The van der Waals surface area contributed by atoms with Crippen LogP contribution in [0.15, 0.2) is 30.3 Å². The van der Waals surface area contributed by atoms with Crippen LogP contribution >= 0.6 is 11.6 Å². The molecule has 0 saturated carbocycles. The molecule has 0 unspecified atom stereocenters. The summed E-state index contributed by atoms with van der Waals surface area (Å²) in [5.74, 6) is -3.01. The Morgan fingerprint density at radius 1 is 1.26 bits per heavy atom. The van der Waals surface area contributed by atoms with Crippen LogP contribution in [-0.2, 0) is 17.5 Å². The SMILES string of the molecule is C.O=C(O)Cn1nnc2ccc(Oc3c(F)cc(C(F)(F)F)cc3Cl)cc21. The predicted octanol–water partition coefficient (Wildman–Crippen LogP) is 4.76. The van der Waals surface area contributed by atoms with Crippen LogP contribution in [0.25, 0.3) is 11.0 Å². The molecule has 0 saturated heterocycles. The quantitative estimate of drug-likeness (QED) is 0.633. The van der Waals surface area contributed by atoms with Crippen LogP contribution in [-0.4, -0.2) is 26.1 Å². The zero-order valence-electron chi connectivity index (χ0n) is 12.6. The molecule has 0 aliphatic heterocycles. The highest BCUT2D eigenvalue weighted by molar-refractivity contribution is 6.32. The van der Waals surface area contributed by atoms with E-state index in [1.165, 1.54) is 18.2 Å². The monoisotopic (exact) mass is 405 g/mol. The number of rotatable bonds is 4. The lowest BCUT2D eigenvalue weighted by molar-refractivity contribution is -0.138. The molecule has 27 heavy (non-hydrogen) atoms. The minimum absolute atomic E-state index is 0. The van der Waals surface area contributed by atoms with Crippen molar-refractivity contribution < 1.29 is 32.2 Å². The van der Waals surface area contributed by atoms with Gasteiger partial charge in [-0.1, -0.05) is 24.2 Å². The lowest BCUT2D eigenvalue weighted by Gasteiger charge is -2.12. The molecule has 0 spiro atoms. The number of benzene rings is 2. The zero-order valence-corrected chi connectivity index (χ0v) is 13.3. The highest BCUT2D eigenvalue weighted by atomic mass is 35.5. The Hall–Kier alpha value is -2.88. The Labute approximate surface area is 154 Å². The first kappa shape index (κ1) is 20.4. The van der Waals surface area contributed by atoms with Gasteiger partial charge in [-0.05, 0) is 24.3 Å². The fourth-order valence-electron chi connectivity index (χ4n) is 2.19. The largest absolute Gasteiger partial charge is 0.480 e. The van der Waals surface area contributed by atoms with Gasteiger partial charge in [0.2, 0.25) is 0 Å². The average molecular weight is 406 g/mol. The highest BCUT2D eigenvalue weighted by Crippen LogP contribution is 2.38. The molecule has 0 aliphatic carbocycles. The number of aromatic nitrogens is 3. The third kappa shape index (κ3) is 4.27. The van der Waals surface area contributed by atoms with E-state index in [0.717, 1.165) is 4.68 Å². The molecule has 3 rings (SSSR count). The van der Waals surface area contributed by atoms with Crippen molar-refractivity contribution in [3.05, 3.63) is 46.7 Å². The molecule has 144 valence electrons. The normalized spacial score (nSPS) is 11.3. The summed E-state index contributed by atoms with van der Waals surface area (Å²) in [4.78, 5) is 10.8. The van der Waals surface area contributed by atoms with Gasteiger partial charge in [0.15, 0.2) is 11.6 Å². The van der Waals surface area contributed by atoms with Gasteiger partial charge >= 0.3 is 12.1 Å². The highest BCUT2D eigenvalue weighted by Gasteiger charge is 2.32. The summed E-state index contributed by atoms with van der Waals surface area (Å²) in [6, 6.07) is 4.96. The van der Waals surface area contributed by atoms with Gasteiger partial charge in [0.1, 0.15) is 17.8 Å². The van der Waals surface area contributed by atoms with Crippen molar-refractivity contribution in [3.8, 4) is 11.5 Å². The molecule has 0 amide bonds. The van der Waals surface area contributed by atoms with Gasteiger partial charge in [-0.3, -0.25) is 4.79 Å². The maximum atomic E-state index is 14.0. The van der Waals surface area contributed by atoms with Crippen molar-refractivity contribution in [2.24, 2.45) is 0 Å². The number of alkyl halides is 3. The Bertz CT molecular complexity index is 981. The molecule has 0 radical (unpaired) electrons. The average Bonchev–Trinajstić information content (AvgIpc) is 2.91. The fourth-order valence-corrected chi connectivity index (χ4v) is 2.44. The second-order valence-corrected chi connectivity index (χ2v) is 5.57. The molecule has 6 nitrogen and oxygen atoms in total. The minimum Gasteiger partial charge on any atom is -0.480 e. The molecular formula is C16H12ClF4N3O3. The van der Waals surface area contributed by atoms with E-state index in [2.05, 4.69) is 10.3 Å². The molecular weight excluding hydrogens is 394 g/mol. The van der Waals surface area contributed by atoms with Crippen molar-refractivity contribution in [1.82, 2.24) is 15.0 Å². The number of aliphatic carboxylic acids is 1. The topological polar surface area (TPSA) is 77.2 Å². The van der Waals surface area contributed by atoms with Gasteiger partial charge < -0.3 is 9.84 Å². The maximum absolute atomic E-state index is 14.0. The number of carboxylic acid groups (broad SMARTS) is 1. The van der Waals surface area contributed by atoms with Crippen molar-refractivity contribution in [2.75, 3.05) is 0 Å². The molecule has 0 aliphatic rings. The van der Waals surface area contributed by atoms with Gasteiger partial charge in [-0.2, -0.15) is 13.2 Å². The number of hydrogen-bond acceptors (Lipinski definition) is 4. The first-order valence-corrected chi connectivity index (χ1v) is 7.32. The van der Waals surface area contributed by atoms with E-state index in [1.807, 2.05) is 0 Å². The van der Waals surface area contributed by atoms with E-state index in [-0.39, 0.29) is 24.8 Å². The van der Waals surface area contributed by atoms with E-state index in [1.54, 1.807) is 0 Å². The first-order chi connectivity index (χ1) is 12.1. The van der Waals surface area contributed by atoms with Gasteiger partial charge in [0, 0.05) is 6.07 Å². The van der Waals surface area contributed by atoms with E-state index < -0.39 is 40.8 Å². The summed E-state index contributed by atoms with van der Waals surface area (Å²) >= 11 is 5.72. The van der Waals surface area contributed by atoms with Gasteiger partial charge in [0.05, 0.1) is 16.1 Å². The smallest absolute Gasteiger partial charge is 0.416 e. The zero-order chi connectivity index (χ0) is 19.1. The lowest BCUT2D eigenvalue weighted by atomic mass is 10.2. The summed E-state index contributed by atoms with van der Waals surface area (Å²) in [6.07, 6.45) is -4.75. The van der Waals surface area contributed by atoms with E-state index >= 15 is 0 Å². The van der Waals surface area contributed by atoms with Crippen molar-refractivity contribution >= 4 is 28.6 Å². The maximum Gasteiger partial charge on any atom is 0.416 e. The Kier molecular flexibility index (Phi) is 5.59. The molecule has 0 bridgehead atoms. The van der Waals surface area contributed by atoms with Crippen LogP contribution < -0.4 is 4.74 Å². The fraction of sp³-hybridized carbons (Fsp3) is 0.188. The van der Waals surface area contributed by atoms with Gasteiger partial charge in [-0.15, -0.1) is 5.10 Å². The van der Waals surface area contributed by atoms with Crippen LogP contribution in [0.1, 0.15) is 13.0 Å². The summed E-state index contributed by atoms with van der Waals surface area (Å²) in [5, 5.41) is 15.7. The number of hydrogen-bond donors (Lipinski definition) is 1. The van der Waals surface area contributed by atoms with E-state index in [9.17, 15) is 22.4 Å². The Morgan fingerprint density at radius 3 is 2.56 bits per heavy atom. The number of carbonyl (C=O) groups is 1. The molecule has 1 N–H and O–H groups in total. The van der Waals surface area contributed by atoms with Crippen molar-refractivity contribution in [3.63, 3.8) is 0 Å². The summed E-state index contributed by atoms with van der Waals surface area (Å²) in [6.45, 7) is -0.463. The Morgan fingerprint density at radius 2 is 1.96 bits per heavy atom. The van der Waals surface area contributed by atoms with Gasteiger partial charge in [0.25, 0.3) is 0 Å². The Balaban J connectivity index is 0.00000261. The first-order valence-electron chi connectivity index (χ1n) is 6.94. The number of halogens is 5. The molecule has 11 heteroatoms.